The van der Waals surface area contributed by atoms with Crippen LogP contribution in [0, 0.1) is 13.8 Å². The van der Waals surface area contributed by atoms with E-state index in [1.807, 2.05) is 38.1 Å². The van der Waals surface area contributed by atoms with Gasteiger partial charge >= 0.3 is 0 Å². The molecular formula is C14H18N2O. The molecule has 0 fully saturated rings. The van der Waals surface area contributed by atoms with Crippen molar-refractivity contribution < 1.29 is 0 Å². The third-order valence-corrected chi connectivity index (χ3v) is 2.98. The lowest BCUT2D eigenvalue weighted by Gasteiger charge is -2.02. The fourth-order valence-corrected chi connectivity index (χ4v) is 2.01. The number of hydrogen-bond donors (Lipinski definition) is 1. The van der Waals surface area contributed by atoms with Crippen LogP contribution in [0.4, 0.5) is 0 Å². The smallest absolute Gasteiger partial charge is 0.274 e. The van der Waals surface area contributed by atoms with Crippen molar-refractivity contribution in [1.82, 2.24) is 9.78 Å². The molecule has 90 valence electrons. The SMILES string of the molecule is CCCc1[nH]n(-c2cccc(C)c2)c(=O)c1C. The van der Waals surface area contributed by atoms with Gasteiger partial charge in [0.2, 0.25) is 0 Å². The zero-order valence-corrected chi connectivity index (χ0v) is 10.6. The number of aryl methyl sites for hydroxylation is 2. The first-order valence-corrected chi connectivity index (χ1v) is 6.01. The third kappa shape index (κ3) is 2.18. The summed E-state index contributed by atoms with van der Waals surface area (Å²) >= 11 is 0. The quantitative estimate of drug-likeness (QED) is 0.865. The predicted molar refractivity (Wildman–Crippen MR) is 69.9 cm³/mol. The predicted octanol–water partition coefficient (Wildman–Crippen LogP) is 2.73. The molecule has 17 heavy (non-hydrogen) atoms. The standard InChI is InChI=1S/C14H18N2O/c1-4-6-13-11(3)14(17)16(15-13)12-8-5-7-10(2)9-12/h5,7-9,15H,4,6H2,1-3H3. The Labute approximate surface area is 101 Å². The minimum Gasteiger partial charge on any atom is -0.295 e. The van der Waals surface area contributed by atoms with Crippen LogP contribution in [0.15, 0.2) is 29.1 Å². The second-order valence-electron chi connectivity index (χ2n) is 4.44. The van der Waals surface area contributed by atoms with Crippen LogP contribution in [0.2, 0.25) is 0 Å². The number of nitrogens with one attached hydrogen (secondary N) is 1. The monoisotopic (exact) mass is 230 g/mol. The summed E-state index contributed by atoms with van der Waals surface area (Å²) in [4.78, 5) is 12.1. The lowest BCUT2D eigenvalue weighted by molar-refractivity contribution is 0.792. The first-order chi connectivity index (χ1) is 8.13. The molecule has 0 aliphatic heterocycles. The number of aromatic nitrogens is 2. The van der Waals surface area contributed by atoms with E-state index < -0.39 is 0 Å². The minimum atomic E-state index is 0.0547. The summed E-state index contributed by atoms with van der Waals surface area (Å²) in [5.41, 5.74) is 3.98. The van der Waals surface area contributed by atoms with Gasteiger partial charge in [0.1, 0.15) is 0 Å². The molecule has 0 atom stereocenters. The highest BCUT2D eigenvalue weighted by molar-refractivity contribution is 5.36. The highest BCUT2D eigenvalue weighted by Crippen LogP contribution is 2.10. The molecule has 0 amide bonds. The molecule has 1 aromatic carbocycles. The molecule has 3 heteroatoms. The van der Waals surface area contributed by atoms with Gasteiger partial charge in [-0.25, -0.2) is 4.68 Å². The van der Waals surface area contributed by atoms with Crippen LogP contribution in [0.25, 0.3) is 5.69 Å². The summed E-state index contributed by atoms with van der Waals surface area (Å²) in [6.07, 6.45) is 1.95. The molecule has 2 rings (SSSR count). The average molecular weight is 230 g/mol. The normalized spacial score (nSPS) is 10.8. The van der Waals surface area contributed by atoms with E-state index in [2.05, 4.69) is 12.0 Å². The maximum Gasteiger partial charge on any atom is 0.274 e. The fraction of sp³-hybridized carbons (Fsp3) is 0.357. The molecular weight excluding hydrogens is 212 g/mol. The van der Waals surface area contributed by atoms with Gasteiger partial charge in [0.05, 0.1) is 5.69 Å². The van der Waals surface area contributed by atoms with Crippen molar-refractivity contribution in [2.24, 2.45) is 0 Å². The molecule has 3 nitrogen and oxygen atoms in total. The van der Waals surface area contributed by atoms with E-state index in [0.29, 0.717) is 0 Å². The lowest BCUT2D eigenvalue weighted by atomic mass is 10.2. The van der Waals surface area contributed by atoms with E-state index in [4.69, 9.17) is 0 Å². The first-order valence-electron chi connectivity index (χ1n) is 6.01. The van der Waals surface area contributed by atoms with Gasteiger partial charge in [-0.05, 0) is 38.0 Å². The van der Waals surface area contributed by atoms with Crippen LogP contribution in [-0.4, -0.2) is 9.78 Å². The van der Waals surface area contributed by atoms with E-state index >= 15 is 0 Å². The van der Waals surface area contributed by atoms with Gasteiger partial charge in [0.25, 0.3) is 5.56 Å². The van der Waals surface area contributed by atoms with Gasteiger partial charge in [0.15, 0.2) is 0 Å². The molecule has 0 aliphatic carbocycles. The van der Waals surface area contributed by atoms with E-state index in [0.717, 1.165) is 35.3 Å². The van der Waals surface area contributed by atoms with Gasteiger partial charge in [0, 0.05) is 11.3 Å². The van der Waals surface area contributed by atoms with Crippen molar-refractivity contribution in [3.8, 4) is 5.69 Å². The Hall–Kier alpha value is -1.77. The van der Waals surface area contributed by atoms with Gasteiger partial charge in [-0.3, -0.25) is 9.89 Å². The molecule has 1 heterocycles. The van der Waals surface area contributed by atoms with Crippen molar-refractivity contribution in [1.29, 1.82) is 0 Å². The molecule has 2 aromatic rings. The lowest BCUT2D eigenvalue weighted by Crippen LogP contribution is -2.15. The van der Waals surface area contributed by atoms with Crippen LogP contribution in [-0.2, 0) is 6.42 Å². The van der Waals surface area contributed by atoms with Crippen LogP contribution in [0.5, 0.6) is 0 Å². The minimum absolute atomic E-state index is 0.0547. The zero-order valence-electron chi connectivity index (χ0n) is 10.6. The van der Waals surface area contributed by atoms with E-state index in [-0.39, 0.29) is 5.56 Å². The summed E-state index contributed by atoms with van der Waals surface area (Å²) in [5.74, 6) is 0. The largest absolute Gasteiger partial charge is 0.295 e. The Bertz CT molecular complexity index is 578. The van der Waals surface area contributed by atoms with Gasteiger partial charge in [-0.15, -0.1) is 0 Å². The summed E-state index contributed by atoms with van der Waals surface area (Å²) in [7, 11) is 0. The average Bonchev–Trinajstić information content (AvgIpc) is 2.58. The van der Waals surface area contributed by atoms with E-state index in [1.165, 1.54) is 0 Å². The first kappa shape index (κ1) is 11.7. The van der Waals surface area contributed by atoms with Crippen LogP contribution in [0.1, 0.15) is 30.2 Å². The zero-order chi connectivity index (χ0) is 12.4. The maximum absolute atomic E-state index is 12.1. The van der Waals surface area contributed by atoms with Crippen molar-refractivity contribution in [2.75, 3.05) is 0 Å². The Kier molecular flexibility index (Phi) is 3.18. The van der Waals surface area contributed by atoms with Crippen molar-refractivity contribution in [3.63, 3.8) is 0 Å². The summed E-state index contributed by atoms with van der Waals surface area (Å²) < 4.78 is 1.63. The Morgan fingerprint density at radius 1 is 1.29 bits per heavy atom. The molecule has 1 N–H and O–H groups in total. The third-order valence-electron chi connectivity index (χ3n) is 2.98. The Morgan fingerprint density at radius 3 is 2.71 bits per heavy atom. The van der Waals surface area contributed by atoms with Crippen molar-refractivity contribution in [3.05, 3.63) is 51.4 Å². The van der Waals surface area contributed by atoms with Gasteiger partial charge in [-0.1, -0.05) is 25.5 Å². The van der Waals surface area contributed by atoms with Gasteiger partial charge < -0.3 is 0 Å². The number of rotatable bonds is 3. The Balaban J connectivity index is 2.53. The number of H-pyrrole nitrogens is 1. The topological polar surface area (TPSA) is 37.8 Å². The second-order valence-corrected chi connectivity index (χ2v) is 4.44. The number of benzene rings is 1. The van der Waals surface area contributed by atoms with E-state index in [9.17, 15) is 4.79 Å². The molecule has 0 unspecified atom stereocenters. The van der Waals surface area contributed by atoms with Crippen LogP contribution >= 0.6 is 0 Å². The summed E-state index contributed by atoms with van der Waals surface area (Å²) in [6, 6.07) is 7.94. The van der Waals surface area contributed by atoms with Gasteiger partial charge in [-0.2, -0.15) is 0 Å². The van der Waals surface area contributed by atoms with Crippen LogP contribution < -0.4 is 5.56 Å². The molecule has 0 radical (unpaired) electrons. The molecule has 0 saturated carbocycles. The second kappa shape index (κ2) is 4.62. The number of aromatic amines is 1. The highest BCUT2D eigenvalue weighted by atomic mass is 16.1. The number of hydrogen-bond acceptors (Lipinski definition) is 1. The molecule has 0 bridgehead atoms. The van der Waals surface area contributed by atoms with Crippen molar-refractivity contribution in [2.45, 2.75) is 33.6 Å². The fourth-order valence-electron chi connectivity index (χ4n) is 2.01. The van der Waals surface area contributed by atoms with Crippen molar-refractivity contribution >= 4 is 0 Å². The summed E-state index contributed by atoms with van der Waals surface area (Å²) in [6.45, 7) is 6.02. The molecule has 0 spiro atoms. The Morgan fingerprint density at radius 2 is 2.06 bits per heavy atom. The van der Waals surface area contributed by atoms with E-state index in [1.54, 1.807) is 4.68 Å². The molecule has 1 aromatic heterocycles. The summed E-state index contributed by atoms with van der Waals surface area (Å²) in [5, 5.41) is 3.20. The highest BCUT2D eigenvalue weighted by Gasteiger charge is 2.10. The molecule has 0 saturated heterocycles. The maximum atomic E-state index is 12.1. The molecule has 0 aliphatic rings. The number of nitrogens with zero attached hydrogens (tertiary/aromatic N) is 1. The van der Waals surface area contributed by atoms with Crippen LogP contribution in [0.3, 0.4) is 0 Å².